The van der Waals surface area contributed by atoms with Gasteiger partial charge < -0.3 is 14.7 Å². The van der Waals surface area contributed by atoms with Gasteiger partial charge in [0.15, 0.2) is 17.2 Å². The zero-order valence-electron chi connectivity index (χ0n) is 13.1. The maximum Gasteiger partial charge on any atom is 0.227 e. The molecule has 116 valence electrons. The quantitative estimate of drug-likeness (QED) is 0.284. The average molecular weight is 303 g/mol. The van der Waals surface area contributed by atoms with E-state index in [1.165, 1.54) is 11.9 Å². The molecule has 0 bridgehead atoms. The summed E-state index contributed by atoms with van der Waals surface area (Å²) in [4.78, 5) is 0. The SMILES string of the molecule is Cc1ccc(OCCOc2ccc(/C=N/O)[n+](C)c2)c[n+]1C. The molecule has 0 aliphatic carbocycles. The molecule has 0 aliphatic rings. The molecule has 2 aromatic rings. The van der Waals surface area contributed by atoms with Gasteiger partial charge in [-0.05, 0) is 12.1 Å². The lowest BCUT2D eigenvalue weighted by molar-refractivity contribution is -0.678. The number of ether oxygens (including phenoxy) is 2. The lowest BCUT2D eigenvalue weighted by atomic mass is 10.3. The summed E-state index contributed by atoms with van der Waals surface area (Å²) in [5.41, 5.74) is 1.95. The number of oxime groups is 1. The molecule has 1 N–H and O–H groups in total. The van der Waals surface area contributed by atoms with Crippen LogP contribution in [-0.2, 0) is 14.1 Å². The molecule has 0 radical (unpaired) electrons. The fraction of sp³-hybridized carbons (Fsp3) is 0.312. The fourth-order valence-corrected chi connectivity index (χ4v) is 1.93. The first-order valence-electron chi connectivity index (χ1n) is 6.99. The monoisotopic (exact) mass is 303 g/mol. The summed E-state index contributed by atoms with van der Waals surface area (Å²) in [5, 5.41) is 11.5. The number of rotatable bonds is 6. The van der Waals surface area contributed by atoms with Crippen LogP contribution in [0.3, 0.4) is 0 Å². The highest BCUT2D eigenvalue weighted by molar-refractivity contribution is 5.74. The van der Waals surface area contributed by atoms with Crippen LogP contribution in [-0.4, -0.2) is 24.6 Å². The molecule has 6 nitrogen and oxygen atoms in total. The van der Waals surface area contributed by atoms with E-state index < -0.39 is 0 Å². The Kier molecular flexibility index (Phi) is 5.30. The molecule has 2 rings (SSSR count). The zero-order chi connectivity index (χ0) is 15.9. The van der Waals surface area contributed by atoms with Gasteiger partial charge in [-0.25, -0.2) is 4.57 Å². The Morgan fingerprint density at radius 3 is 2.14 bits per heavy atom. The number of aryl methyl sites for hydroxylation is 3. The smallest absolute Gasteiger partial charge is 0.227 e. The molecule has 0 atom stereocenters. The molecule has 0 saturated heterocycles. The summed E-state index contributed by atoms with van der Waals surface area (Å²) in [6, 6.07) is 7.59. The molecule has 0 spiro atoms. The number of pyridine rings is 2. The van der Waals surface area contributed by atoms with Crippen molar-refractivity contribution in [2.24, 2.45) is 19.3 Å². The van der Waals surface area contributed by atoms with Gasteiger partial charge in [0.2, 0.25) is 18.1 Å². The Bertz CT molecular complexity index is 672. The summed E-state index contributed by atoms with van der Waals surface area (Å²) in [6.45, 7) is 2.95. The number of nitrogens with zero attached hydrogens (tertiary/aromatic N) is 3. The second-order valence-corrected chi connectivity index (χ2v) is 4.96. The van der Waals surface area contributed by atoms with Gasteiger partial charge in [-0.15, -0.1) is 0 Å². The van der Waals surface area contributed by atoms with Gasteiger partial charge in [-0.1, -0.05) is 5.16 Å². The highest BCUT2D eigenvalue weighted by atomic mass is 16.5. The van der Waals surface area contributed by atoms with Crippen LogP contribution >= 0.6 is 0 Å². The van der Waals surface area contributed by atoms with Crippen LogP contribution in [0.15, 0.2) is 41.8 Å². The van der Waals surface area contributed by atoms with Gasteiger partial charge in [0, 0.05) is 19.1 Å². The van der Waals surface area contributed by atoms with Crippen LogP contribution in [0.2, 0.25) is 0 Å². The van der Waals surface area contributed by atoms with E-state index in [9.17, 15) is 0 Å². The van der Waals surface area contributed by atoms with Crippen molar-refractivity contribution in [1.82, 2.24) is 0 Å². The van der Waals surface area contributed by atoms with Crippen molar-refractivity contribution in [2.45, 2.75) is 6.92 Å². The van der Waals surface area contributed by atoms with E-state index in [4.69, 9.17) is 14.7 Å². The molecule has 0 saturated carbocycles. The Morgan fingerprint density at radius 2 is 1.59 bits per heavy atom. The second-order valence-electron chi connectivity index (χ2n) is 4.96. The molecule has 22 heavy (non-hydrogen) atoms. The third kappa shape index (κ3) is 4.18. The molecule has 0 unspecified atom stereocenters. The average Bonchev–Trinajstić information content (AvgIpc) is 2.50. The Labute approximate surface area is 129 Å². The van der Waals surface area contributed by atoms with E-state index in [1.54, 1.807) is 0 Å². The molecule has 2 heterocycles. The van der Waals surface area contributed by atoms with E-state index in [-0.39, 0.29) is 0 Å². The molecule has 0 aromatic carbocycles. The molecule has 0 amide bonds. The van der Waals surface area contributed by atoms with E-state index in [0.717, 1.165) is 17.2 Å². The first-order valence-corrected chi connectivity index (χ1v) is 6.99. The van der Waals surface area contributed by atoms with Crippen LogP contribution in [0, 0.1) is 6.92 Å². The van der Waals surface area contributed by atoms with Crippen LogP contribution in [0.4, 0.5) is 0 Å². The summed E-state index contributed by atoms with van der Waals surface area (Å²) in [6.07, 6.45) is 5.13. The molecule has 0 aliphatic heterocycles. The van der Waals surface area contributed by atoms with Crippen molar-refractivity contribution in [1.29, 1.82) is 0 Å². The Morgan fingerprint density at radius 1 is 1.00 bits per heavy atom. The van der Waals surface area contributed by atoms with Crippen molar-refractivity contribution >= 4 is 6.21 Å². The normalized spacial score (nSPS) is 10.9. The summed E-state index contributed by atoms with van der Waals surface area (Å²) >= 11 is 0. The van der Waals surface area contributed by atoms with Gasteiger partial charge >= 0.3 is 0 Å². The van der Waals surface area contributed by atoms with Gasteiger partial charge in [-0.2, -0.15) is 4.57 Å². The number of hydrogen-bond acceptors (Lipinski definition) is 4. The van der Waals surface area contributed by atoms with Crippen molar-refractivity contribution in [3.63, 3.8) is 0 Å². The highest BCUT2D eigenvalue weighted by Gasteiger charge is 2.07. The second kappa shape index (κ2) is 7.40. The Hall–Kier alpha value is -2.63. The van der Waals surface area contributed by atoms with Gasteiger partial charge in [0.1, 0.15) is 33.5 Å². The maximum absolute atomic E-state index is 8.54. The van der Waals surface area contributed by atoms with Gasteiger partial charge in [-0.3, -0.25) is 0 Å². The summed E-state index contributed by atoms with van der Waals surface area (Å²) in [5.74, 6) is 1.55. The van der Waals surface area contributed by atoms with E-state index >= 15 is 0 Å². The standard InChI is InChI=1S/C16H20N3O3/c1-13-4-6-15(11-18(13)2)21-8-9-22-16-7-5-14(10-17-20)19(3)12-16/h4-7,10-12H,8-9H2,1-3H3/q+1/p+1. The van der Waals surface area contributed by atoms with Crippen molar-refractivity contribution in [3.05, 3.63) is 48.0 Å². The summed E-state index contributed by atoms with van der Waals surface area (Å²) in [7, 11) is 3.84. The lowest BCUT2D eigenvalue weighted by Gasteiger charge is -2.07. The Balaban J connectivity index is 1.83. The van der Waals surface area contributed by atoms with Crippen molar-refractivity contribution in [3.8, 4) is 11.5 Å². The van der Waals surface area contributed by atoms with Crippen molar-refractivity contribution < 1.29 is 23.8 Å². The molecular formula is C16H21N3O3+2. The van der Waals surface area contributed by atoms with Crippen molar-refractivity contribution in [2.75, 3.05) is 13.2 Å². The maximum atomic E-state index is 8.54. The van der Waals surface area contributed by atoms with Gasteiger partial charge in [0.25, 0.3) is 0 Å². The van der Waals surface area contributed by atoms with Gasteiger partial charge in [0.05, 0.1) is 0 Å². The highest BCUT2D eigenvalue weighted by Crippen LogP contribution is 2.09. The minimum atomic E-state index is 0.449. The largest absolute Gasteiger partial charge is 0.484 e. The zero-order valence-corrected chi connectivity index (χ0v) is 13.1. The lowest BCUT2D eigenvalue weighted by Crippen LogP contribution is -2.33. The van der Waals surface area contributed by atoms with Crippen LogP contribution in [0.25, 0.3) is 0 Å². The van der Waals surface area contributed by atoms with E-state index in [1.807, 2.05) is 66.8 Å². The number of hydrogen-bond donors (Lipinski definition) is 1. The first kappa shape index (κ1) is 15.8. The predicted molar refractivity (Wildman–Crippen MR) is 80.3 cm³/mol. The number of aromatic nitrogens is 2. The molecule has 6 heteroatoms. The molecule has 0 fully saturated rings. The van der Waals surface area contributed by atoms with Crippen LogP contribution < -0.4 is 18.6 Å². The van der Waals surface area contributed by atoms with Crippen LogP contribution in [0.1, 0.15) is 11.4 Å². The van der Waals surface area contributed by atoms with E-state index in [2.05, 4.69) is 5.16 Å². The van der Waals surface area contributed by atoms with Crippen LogP contribution in [0.5, 0.6) is 11.5 Å². The van der Waals surface area contributed by atoms with E-state index in [0.29, 0.717) is 13.2 Å². The minimum absolute atomic E-state index is 0.449. The molecule has 2 aromatic heterocycles. The first-order chi connectivity index (χ1) is 10.6. The third-order valence-corrected chi connectivity index (χ3v) is 3.32. The topological polar surface area (TPSA) is 58.8 Å². The third-order valence-electron chi connectivity index (χ3n) is 3.32. The molecular weight excluding hydrogens is 282 g/mol. The minimum Gasteiger partial charge on any atom is -0.484 e. The predicted octanol–water partition coefficient (Wildman–Crippen LogP) is 0.910. The fourth-order valence-electron chi connectivity index (χ4n) is 1.93. The summed E-state index contributed by atoms with van der Waals surface area (Å²) < 4.78 is 15.1.